The van der Waals surface area contributed by atoms with E-state index in [1.54, 1.807) is 0 Å². The van der Waals surface area contributed by atoms with E-state index in [1.807, 2.05) is 0 Å². The van der Waals surface area contributed by atoms with Crippen LogP contribution in [0.3, 0.4) is 0 Å². The molecule has 0 nitrogen and oxygen atoms in total. The zero-order valence-corrected chi connectivity index (χ0v) is 10.2. The summed E-state index contributed by atoms with van der Waals surface area (Å²) in [5.41, 5.74) is 0. The van der Waals surface area contributed by atoms with Crippen LogP contribution in [0, 0.1) is 0 Å². The molecule has 1 rings (SSSR count). The molecule has 0 N–H and O–H groups in total. The minimum Gasteiger partial charge on any atom is -0.236 e. The Morgan fingerprint density at radius 1 is 1.00 bits per heavy atom. The lowest BCUT2D eigenvalue weighted by Crippen LogP contribution is -2.53. The maximum Gasteiger partial charge on any atom is 0.389 e. The van der Waals surface area contributed by atoms with Crippen LogP contribution in [0.4, 0.5) is 26.3 Å². The molecule has 0 aromatic carbocycles. The summed E-state index contributed by atoms with van der Waals surface area (Å²) >= 11 is 15.1. The van der Waals surface area contributed by atoms with E-state index < -0.39 is 40.8 Å². The van der Waals surface area contributed by atoms with Crippen molar-refractivity contribution in [1.82, 2.24) is 0 Å². The maximum atomic E-state index is 13.7. The molecule has 0 aromatic heterocycles. The monoisotopic (exact) mass is 320 g/mol. The second-order valence-electron chi connectivity index (χ2n) is 2.86. The van der Waals surface area contributed by atoms with Crippen LogP contribution < -0.4 is 0 Å². The Morgan fingerprint density at radius 2 is 1.44 bits per heavy atom. The van der Waals surface area contributed by atoms with Gasteiger partial charge in [-0.25, -0.2) is 26.3 Å². The molecule has 2 atom stereocenters. The highest BCUT2D eigenvalue weighted by Crippen LogP contribution is 2.52. The van der Waals surface area contributed by atoms with Crippen LogP contribution in [0.2, 0.25) is 0 Å². The molecule has 0 heterocycles. The van der Waals surface area contributed by atoms with Crippen LogP contribution in [0.15, 0.2) is 23.3 Å². The fourth-order valence-corrected chi connectivity index (χ4v) is 3.41. The summed E-state index contributed by atoms with van der Waals surface area (Å²) in [5, 5.41) is -4.11. The molecule has 0 spiro atoms. The Bertz CT molecular complexity index is 388. The Morgan fingerprint density at radius 3 is 1.81 bits per heavy atom. The zero-order valence-electron chi connectivity index (χ0n) is 6.98. The van der Waals surface area contributed by atoms with Crippen molar-refractivity contribution in [2.75, 3.05) is 0 Å². The number of rotatable bonds is 1. The molecule has 0 fully saturated rings. The molecule has 1 aliphatic rings. The molecule has 0 saturated heterocycles. The van der Waals surface area contributed by atoms with Gasteiger partial charge in [-0.15, -0.1) is 33.2 Å². The van der Waals surface area contributed by atoms with E-state index in [4.69, 9.17) is 33.2 Å². The first kappa shape index (κ1) is 14.2. The largest absolute Gasteiger partial charge is 0.389 e. The highest BCUT2D eigenvalue weighted by Gasteiger charge is 2.67. The van der Waals surface area contributed by atoms with Crippen LogP contribution in [-0.2, 0) is 0 Å². The molecule has 0 bridgehead atoms. The highest BCUT2D eigenvalue weighted by molar-refractivity contribution is 7.66. The van der Waals surface area contributed by atoms with Gasteiger partial charge in [0.05, 0.1) is 0 Å². The topological polar surface area (TPSA) is 0 Å². The van der Waals surface area contributed by atoms with Crippen LogP contribution in [0.5, 0.6) is 0 Å². The smallest absolute Gasteiger partial charge is 0.236 e. The third-order valence-electron chi connectivity index (χ3n) is 1.90. The van der Waals surface area contributed by atoms with Crippen molar-refractivity contribution >= 4 is 39.2 Å². The van der Waals surface area contributed by atoms with Crippen molar-refractivity contribution in [2.45, 2.75) is 11.5 Å². The SMILES string of the molecule is FC1=C(F)[C@@H](F)[C@@](F)([Si](Cl)(Cl)Cl)C(F)=C1F. The molecule has 0 saturated carbocycles. The summed E-state index contributed by atoms with van der Waals surface area (Å²) in [6, 6.07) is -4.86. The standard InChI is InChI=1S/C6HCl3F6Si/c7-16(8,9)6(15)4(13)2(11)1(10)3(12)5(6)14/h4H/t4-,6-/m1/s1. The zero-order chi connectivity index (χ0) is 12.9. The van der Waals surface area contributed by atoms with Gasteiger partial charge in [-0.1, -0.05) is 0 Å². The summed E-state index contributed by atoms with van der Waals surface area (Å²) in [4.78, 5) is 0. The average Bonchev–Trinajstić information content (AvgIpc) is 2.19. The normalized spacial score (nSPS) is 32.4. The second-order valence-corrected chi connectivity index (χ2v) is 11.4. The fraction of sp³-hybridized carbons (Fsp3) is 0.333. The highest BCUT2D eigenvalue weighted by atomic mass is 35.8. The van der Waals surface area contributed by atoms with E-state index >= 15 is 0 Å². The maximum absolute atomic E-state index is 13.7. The fourth-order valence-electron chi connectivity index (χ4n) is 1.03. The molecule has 16 heavy (non-hydrogen) atoms. The first-order valence-corrected chi connectivity index (χ1v) is 8.59. The first-order chi connectivity index (χ1) is 7.05. The van der Waals surface area contributed by atoms with Gasteiger partial charge in [-0.05, 0) is 0 Å². The number of halogens is 9. The van der Waals surface area contributed by atoms with Gasteiger partial charge >= 0.3 is 6.00 Å². The average molecular weight is 322 g/mol. The third-order valence-corrected chi connectivity index (χ3v) is 5.67. The molecule has 10 heteroatoms. The van der Waals surface area contributed by atoms with Gasteiger partial charge in [0.15, 0.2) is 29.5 Å². The number of allylic oxidation sites excluding steroid dienone is 4. The summed E-state index contributed by atoms with van der Waals surface area (Å²) in [6.45, 7) is 0. The van der Waals surface area contributed by atoms with Gasteiger partial charge in [0.25, 0.3) is 0 Å². The van der Waals surface area contributed by atoms with E-state index in [0.29, 0.717) is 0 Å². The van der Waals surface area contributed by atoms with Gasteiger partial charge in [0.1, 0.15) is 0 Å². The predicted octanol–water partition coefficient (Wildman–Crippen LogP) is 4.54. The lowest BCUT2D eigenvalue weighted by molar-refractivity contribution is 0.121. The van der Waals surface area contributed by atoms with E-state index in [1.165, 1.54) is 0 Å². The minimum absolute atomic E-state index is 2.47. The Balaban J connectivity index is 3.48. The van der Waals surface area contributed by atoms with E-state index in [9.17, 15) is 26.3 Å². The van der Waals surface area contributed by atoms with Crippen LogP contribution >= 0.6 is 33.2 Å². The van der Waals surface area contributed by atoms with Gasteiger partial charge in [0, 0.05) is 0 Å². The van der Waals surface area contributed by atoms with Gasteiger partial charge < -0.3 is 0 Å². The van der Waals surface area contributed by atoms with E-state index in [2.05, 4.69) is 0 Å². The quantitative estimate of drug-likeness (QED) is 0.378. The number of alkyl halides is 2. The predicted molar refractivity (Wildman–Crippen MR) is 50.5 cm³/mol. The number of hydrogen-bond donors (Lipinski definition) is 0. The Hall–Kier alpha value is 0.147. The number of hydrogen-bond acceptors (Lipinski definition) is 0. The molecule has 0 unspecified atom stereocenters. The van der Waals surface area contributed by atoms with Crippen LogP contribution in [-0.4, -0.2) is 17.5 Å². The molecule has 0 aliphatic heterocycles. The van der Waals surface area contributed by atoms with E-state index in [0.717, 1.165) is 0 Å². The van der Waals surface area contributed by atoms with Gasteiger partial charge in [0.2, 0.25) is 5.29 Å². The summed E-state index contributed by atoms with van der Waals surface area (Å²) in [7, 11) is 0. The molecule has 0 amide bonds. The van der Waals surface area contributed by atoms with Crippen molar-refractivity contribution in [1.29, 1.82) is 0 Å². The van der Waals surface area contributed by atoms with Crippen molar-refractivity contribution in [3.05, 3.63) is 23.3 Å². The molecule has 0 radical (unpaired) electrons. The Labute approximate surface area is 101 Å². The van der Waals surface area contributed by atoms with Gasteiger partial charge in [-0.2, -0.15) is 0 Å². The minimum atomic E-state index is -4.86. The Kier molecular flexibility index (Phi) is 3.65. The van der Waals surface area contributed by atoms with Crippen molar-refractivity contribution < 1.29 is 26.3 Å². The molecular weight excluding hydrogens is 320 g/mol. The van der Waals surface area contributed by atoms with Gasteiger partial charge in [-0.3, -0.25) is 0 Å². The van der Waals surface area contributed by atoms with Crippen molar-refractivity contribution in [2.24, 2.45) is 0 Å². The van der Waals surface area contributed by atoms with Crippen molar-refractivity contribution in [3.63, 3.8) is 0 Å². The van der Waals surface area contributed by atoms with Crippen molar-refractivity contribution in [3.8, 4) is 0 Å². The summed E-state index contributed by atoms with van der Waals surface area (Å²) in [6.07, 6.45) is -3.52. The molecule has 1 aliphatic carbocycles. The van der Waals surface area contributed by atoms with Crippen LogP contribution in [0.25, 0.3) is 0 Å². The molecule has 0 aromatic rings. The molecular formula is C6HCl3F6Si. The first-order valence-electron chi connectivity index (χ1n) is 3.56. The van der Waals surface area contributed by atoms with E-state index in [-0.39, 0.29) is 0 Å². The molecule has 92 valence electrons. The summed E-state index contributed by atoms with van der Waals surface area (Å²) < 4.78 is 77.8. The lowest BCUT2D eigenvalue weighted by Gasteiger charge is -2.33. The third kappa shape index (κ3) is 1.77. The van der Waals surface area contributed by atoms with Crippen LogP contribution in [0.1, 0.15) is 0 Å². The summed E-state index contributed by atoms with van der Waals surface area (Å²) in [5.74, 6) is -10.1. The lowest BCUT2D eigenvalue weighted by atomic mass is 10.1. The second kappa shape index (κ2) is 4.11.